The third-order valence-corrected chi connectivity index (χ3v) is 2.23. The van der Waals surface area contributed by atoms with Crippen molar-refractivity contribution in [1.82, 2.24) is 10.0 Å². The molecule has 1 rings (SSSR count). The summed E-state index contributed by atoms with van der Waals surface area (Å²) in [7, 11) is 1.26. The molecule has 0 bridgehead atoms. The molecule has 0 unspecified atom stereocenters. The molecule has 0 aromatic carbocycles. The van der Waals surface area contributed by atoms with Gasteiger partial charge in [0.2, 0.25) is 11.2 Å². The number of rotatable bonds is 2. The molecule has 0 saturated heterocycles. The van der Waals surface area contributed by atoms with E-state index in [0.29, 0.717) is 6.07 Å². The van der Waals surface area contributed by atoms with E-state index in [9.17, 15) is 14.8 Å². The lowest BCUT2D eigenvalue weighted by molar-refractivity contribution is -0.114. The van der Waals surface area contributed by atoms with Gasteiger partial charge in [-0.05, 0) is 0 Å². The summed E-state index contributed by atoms with van der Waals surface area (Å²) in [5.74, 6) is -1.73. The monoisotopic (exact) mass is 261 g/mol. The molecular formula is C8H8ClN3O5. The first kappa shape index (κ1) is 12.8. The number of nitrogens with zero attached hydrogens (tertiary/aromatic N) is 2. The van der Waals surface area contributed by atoms with Gasteiger partial charge in [0.1, 0.15) is 5.69 Å². The normalized spacial score (nSPS) is 11.3. The highest BCUT2D eigenvalue weighted by atomic mass is 35.5. The van der Waals surface area contributed by atoms with Crippen LogP contribution in [0.3, 0.4) is 0 Å². The molecule has 1 aromatic heterocycles. The van der Waals surface area contributed by atoms with E-state index in [0.717, 1.165) is 0 Å². The highest BCUT2D eigenvalue weighted by Gasteiger charge is 2.21. The second-order valence-electron chi connectivity index (χ2n) is 2.87. The molecule has 0 fully saturated rings. The number of pyridine rings is 1. The summed E-state index contributed by atoms with van der Waals surface area (Å²) in [4.78, 5) is 22.5. The van der Waals surface area contributed by atoms with Crippen LogP contribution >= 0.6 is 11.6 Å². The molecule has 9 heteroatoms. The summed E-state index contributed by atoms with van der Waals surface area (Å²) < 4.78 is 0.155. The van der Waals surface area contributed by atoms with Gasteiger partial charge in [0.05, 0.1) is 0 Å². The van der Waals surface area contributed by atoms with Crippen molar-refractivity contribution in [2.24, 2.45) is 5.16 Å². The molecule has 0 spiro atoms. The molecule has 0 saturated carbocycles. The van der Waals surface area contributed by atoms with Crippen molar-refractivity contribution in [3.05, 3.63) is 27.1 Å². The maximum atomic E-state index is 11.3. The third kappa shape index (κ3) is 2.16. The number of amides is 1. The zero-order valence-electron chi connectivity index (χ0n) is 8.51. The van der Waals surface area contributed by atoms with E-state index >= 15 is 0 Å². The Morgan fingerprint density at radius 3 is 2.65 bits per heavy atom. The number of halogens is 1. The van der Waals surface area contributed by atoms with Crippen molar-refractivity contribution < 1.29 is 20.3 Å². The van der Waals surface area contributed by atoms with Crippen LogP contribution in [0.1, 0.15) is 5.69 Å². The minimum atomic E-state index is -0.930. The number of aromatic hydroxyl groups is 1. The van der Waals surface area contributed by atoms with Gasteiger partial charge in [0.25, 0.3) is 5.91 Å². The minimum Gasteiger partial charge on any atom is -0.502 e. The van der Waals surface area contributed by atoms with Crippen LogP contribution in [0.2, 0.25) is 5.15 Å². The van der Waals surface area contributed by atoms with E-state index in [1.54, 1.807) is 0 Å². The zero-order valence-corrected chi connectivity index (χ0v) is 9.26. The number of hydrogen-bond acceptors (Lipinski definition) is 6. The van der Waals surface area contributed by atoms with Crippen molar-refractivity contribution in [1.29, 1.82) is 0 Å². The fourth-order valence-corrected chi connectivity index (χ4v) is 1.25. The van der Waals surface area contributed by atoms with Gasteiger partial charge in [-0.1, -0.05) is 16.8 Å². The third-order valence-electron chi connectivity index (χ3n) is 1.90. The second-order valence-corrected chi connectivity index (χ2v) is 3.23. The molecule has 1 aromatic rings. The van der Waals surface area contributed by atoms with E-state index in [-0.39, 0.29) is 4.73 Å². The Balaban J connectivity index is 3.53. The molecule has 0 aliphatic carbocycles. The summed E-state index contributed by atoms with van der Waals surface area (Å²) in [6.45, 7) is 0. The summed E-state index contributed by atoms with van der Waals surface area (Å²) in [5.41, 5.74) is -2.02. The molecule has 0 atom stereocenters. The summed E-state index contributed by atoms with van der Waals surface area (Å²) >= 11 is 5.43. The number of aromatic nitrogens is 1. The molecule has 17 heavy (non-hydrogen) atoms. The number of carbonyl (C=O) groups excluding carboxylic acids is 1. The fraction of sp³-hybridized carbons (Fsp3) is 0.125. The lowest BCUT2D eigenvalue weighted by Gasteiger charge is -2.09. The van der Waals surface area contributed by atoms with Crippen LogP contribution in [0, 0.1) is 0 Å². The highest BCUT2D eigenvalue weighted by Crippen LogP contribution is 2.18. The lowest BCUT2D eigenvalue weighted by Crippen LogP contribution is -2.31. The standard InChI is InChI=1S/C8H8ClN3O5/c1-10-8(15)5(11-16)3-2-4(13)6(14)7(9)12(3)17/h2,14,16-17H,1H3,(H,10,15). The summed E-state index contributed by atoms with van der Waals surface area (Å²) in [6, 6.07) is 0.700. The minimum absolute atomic E-state index is 0.155. The highest BCUT2D eigenvalue weighted by molar-refractivity contribution is 6.45. The van der Waals surface area contributed by atoms with Crippen molar-refractivity contribution in [2.75, 3.05) is 7.05 Å². The van der Waals surface area contributed by atoms with Crippen LogP contribution in [0.15, 0.2) is 16.0 Å². The molecule has 0 aliphatic rings. The van der Waals surface area contributed by atoms with Crippen LogP contribution in [0.5, 0.6) is 5.75 Å². The Labute approximate surface area is 99.3 Å². The first-order valence-electron chi connectivity index (χ1n) is 4.22. The van der Waals surface area contributed by atoms with Crippen LogP contribution in [0.25, 0.3) is 0 Å². The Kier molecular flexibility index (Phi) is 3.59. The van der Waals surface area contributed by atoms with Gasteiger partial charge in [-0.25, -0.2) is 0 Å². The molecule has 0 aliphatic heterocycles. The molecular weight excluding hydrogens is 254 g/mol. The van der Waals surface area contributed by atoms with Gasteiger partial charge >= 0.3 is 0 Å². The summed E-state index contributed by atoms with van der Waals surface area (Å²) in [5, 5.41) is 31.3. The van der Waals surface area contributed by atoms with Gasteiger partial charge in [-0.15, -0.1) is 0 Å². The molecule has 1 heterocycles. The van der Waals surface area contributed by atoms with Crippen LogP contribution in [0.4, 0.5) is 0 Å². The number of oxime groups is 1. The first-order chi connectivity index (χ1) is 7.93. The van der Waals surface area contributed by atoms with Crippen LogP contribution < -0.4 is 10.7 Å². The van der Waals surface area contributed by atoms with Crippen molar-refractivity contribution in [3.8, 4) is 5.75 Å². The van der Waals surface area contributed by atoms with Gasteiger partial charge < -0.3 is 20.8 Å². The lowest BCUT2D eigenvalue weighted by atomic mass is 10.2. The quantitative estimate of drug-likeness (QED) is 0.185. The van der Waals surface area contributed by atoms with Gasteiger partial charge in [0.15, 0.2) is 10.9 Å². The predicted octanol–water partition coefficient (Wildman–Crippen LogP) is -0.631. The van der Waals surface area contributed by atoms with Crippen LogP contribution in [-0.4, -0.2) is 38.9 Å². The number of carbonyl (C=O) groups is 1. The predicted molar refractivity (Wildman–Crippen MR) is 57.0 cm³/mol. The first-order valence-corrected chi connectivity index (χ1v) is 4.60. The van der Waals surface area contributed by atoms with Crippen LogP contribution in [-0.2, 0) is 4.79 Å². The van der Waals surface area contributed by atoms with Gasteiger partial charge in [-0.2, -0.15) is 4.73 Å². The van der Waals surface area contributed by atoms with E-state index in [4.69, 9.17) is 21.9 Å². The number of likely N-dealkylation sites (N-methyl/N-ethyl adjacent to an activating group) is 1. The molecule has 0 radical (unpaired) electrons. The van der Waals surface area contributed by atoms with Gasteiger partial charge in [0, 0.05) is 13.1 Å². The molecule has 92 valence electrons. The van der Waals surface area contributed by atoms with Crippen molar-refractivity contribution in [3.63, 3.8) is 0 Å². The number of nitrogens with one attached hydrogen (secondary N) is 1. The van der Waals surface area contributed by atoms with E-state index in [1.807, 2.05) is 0 Å². The fourth-order valence-electron chi connectivity index (χ4n) is 1.06. The van der Waals surface area contributed by atoms with Crippen molar-refractivity contribution >= 4 is 23.2 Å². The zero-order chi connectivity index (χ0) is 13.2. The topological polar surface area (TPSA) is 124 Å². The van der Waals surface area contributed by atoms with Gasteiger partial charge in [-0.3, -0.25) is 9.59 Å². The average molecular weight is 262 g/mol. The second kappa shape index (κ2) is 4.74. The summed E-state index contributed by atoms with van der Waals surface area (Å²) in [6.07, 6.45) is 0. The Hall–Kier alpha value is -2.22. The van der Waals surface area contributed by atoms with E-state index < -0.39 is 33.6 Å². The SMILES string of the molecule is CNC(=O)C(=NO)c1cc(=O)c(O)c(Cl)n1O. The molecule has 8 nitrogen and oxygen atoms in total. The Bertz CT molecular complexity index is 551. The van der Waals surface area contributed by atoms with Crippen molar-refractivity contribution in [2.45, 2.75) is 0 Å². The number of hydrogen-bond donors (Lipinski definition) is 4. The molecule has 4 N–H and O–H groups in total. The Morgan fingerprint density at radius 2 is 2.18 bits per heavy atom. The maximum absolute atomic E-state index is 11.3. The van der Waals surface area contributed by atoms with E-state index in [2.05, 4.69) is 10.5 Å². The smallest absolute Gasteiger partial charge is 0.275 e. The molecule has 1 amide bonds. The average Bonchev–Trinajstić information content (AvgIpc) is 2.33. The Morgan fingerprint density at radius 1 is 1.59 bits per heavy atom. The maximum Gasteiger partial charge on any atom is 0.275 e. The largest absolute Gasteiger partial charge is 0.502 e. The van der Waals surface area contributed by atoms with E-state index in [1.165, 1.54) is 7.05 Å².